The van der Waals surface area contributed by atoms with Gasteiger partial charge in [-0.15, -0.1) is 0 Å². The molecule has 9 heteroatoms. The molecule has 0 fully saturated rings. The Kier molecular flexibility index (Phi) is 4.84. The second-order valence-corrected chi connectivity index (χ2v) is 7.26. The van der Waals surface area contributed by atoms with Crippen LogP contribution in [0.1, 0.15) is 17.4 Å². The van der Waals surface area contributed by atoms with Crippen molar-refractivity contribution in [2.24, 2.45) is 7.05 Å². The van der Waals surface area contributed by atoms with Gasteiger partial charge in [0.2, 0.25) is 10.0 Å². The van der Waals surface area contributed by atoms with E-state index in [-0.39, 0.29) is 0 Å². The van der Waals surface area contributed by atoms with Crippen molar-refractivity contribution >= 4 is 10.0 Å². The van der Waals surface area contributed by atoms with E-state index in [9.17, 15) is 21.6 Å². The molecular weight excluding hydrogens is 367 g/mol. The number of benzene rings is 2. The first kappa shape index (κ1) is 18.2. The summed E-state index contributed by atoms with van der Waals surface area (Å²) in [5.74, 6) is -2.27. The van der Waals surface area contributed by atoms with Crippen LogP contribution in [0, 0.1) is 17.5 Å². The maximum absolute atomic E-state index is 13.9. The number of nitrogens with one attached hydrogen (secondary N) is 1. The molecular formula is C17H14F3N3O2S. The topological polar surface area (TPSA) is 64.0 Å². The van der Waals surface area contributed by atoms with Crippen LogP contribution in [-0.4, -0.2) is 18.0 Å². The summed E-state index contributed by atoms with van der Waals surface area (Å²) < 4.78 is 69.4. The molecule has 26 heavy (non-hydrogen) atoms. The molecule has 0 aliphatic rings. The summed E-state index contributed by atoms with van der Waals surface area (Å²) in [4.78, 5) is 3.42. The van der Waals surface area contributed by atoms with Gasteiger partial charge in [-0.1, -0.05) is 12.1 Å². The second-order valence-electron chi connectivity index (χ2n) is 5.58. The van der Waals surface area contributed by atoms with E-state index in [1.54, 1.807) is 17.8 Å². The van der Waals surface area contributed by atoms with E-state index in [1.165, 1.54) is 30.5 Å². The van der Waals surface area contributed by atoms with E-state index < -0.39 is 38.4 Å². The van der Waals surface area contributed by atoms with Crippen molar-refractivity contribution in [2.75, 3.05) is 0 Å². The molecule has 1 unspecified atom stereocenters. The van der Waals surface area contributed by atoms with Gasteiger partial charge in [0, 0.05) is 25.5 Å². The molecule has 5 nitrogen and oxygen atoms in total. The summed E-state index contributed by atoms with van der Waals surface area (Å²) in [5, 5.41) is 0. The molecule has 0 bridgehead atoms. The Hall–Kier alpha value is -2.65. The Morgan fingerprint density at radius 2 is 1.69 bits per heavy atom. The van der Waals surface area contributed by atoms with Gasteiger partial charge in [0.1, 0.15) is 34.2 Å². The predicted octanol–water partition coefficient (Wildman–Crippen LogP) is 2.91. The van der Waals surface area contributed by atoms with E-state index >= 15 is 0 Å². The fourth-order valence-electron chi connectivity index (χ4n) is 2.49. The third kappa shape index (κ3) is 3.63. The van der Waals surface area contributed by atoms with Crippen molar-refractivity contribution in [3.63, 3.8) is 0 Å². The molecule has 1 atom stereocenters. The quantitative estimate of drug-likeness (QED) is 0.739. The molecule has 0 spiro atoms. The van der Waals surface area contributed by atoms with Gasteiger partial charge in [-0.05, 0) is 29.8 Å². The summed E-state index contributed by atoms with van der Waals surface area (Å²) in [7, 11) is -2.69. The summed E-state index contributed by atoms with van der Waals surface area (Å²) in [6.45, 7) is 0. The van der Waals surface area contributed by atoms with Crippen LogP contribution in [0.4, 0.5) is 13.2 Å². The summed E-state index contributed by atoms with van der Waals surface area (Å²) in [5.41, 5.74) is 0.409. The summed E-state index contributed by atoms with van der Waals surface area (Å²) in [6.07, 6.45) is 3.08. The van der Waals surface area contributed by atoms with E-state index in [0.29, 0.717) is 17.5 Å². The smallest absolute Gasteiger partial charge is 0.244 e. The fourth-order valence-corrected chi connectivity index (χ4v) is 3.73. The molecule has 1 N–H and O–H groups in total. The second kappa shape index (κ2) is 6.93. The molecule has 2 aromatic carbocycles. The van der Waals surface area contributed by atoms with Crippen LogP contribution in [0.25, 0.3) is 0 Å². The zero-order chi connectivity index (χ0) is 18.9. The Balaban J connectivity index is 2.05. The van der Waals surface area contributed by atoms with Crippen LogP contribution in [0.2, 0.25) is 0 Å². The molecule has 3 rings (SSSR count). The highest BCUT2D eigenvalue weighted by Crippen LogP contribution is 2.25. The Bertz CT molecular complexity index is 1030. The molecule has 0 amide bonds. The molecule has 1 heterocycles. The van der Waals surface area contributed by atoms with Crippen LogP contribution < -0.4 is 4.72 Å². The minimum absolute atomic E-state index is 0.322. The van der Waals surface area contributed by atoms with Gasteiger partial charge in [0.25, 0.3) is 0 Å². The fraction of sp³-hybridized carbons (Fsp3) is 0.118. The normalized spacial score (nSPS) is 12.9. The van der Waals surface area contributed by atoms with E-state index in [2.05, 4.69) is 9.71 Å². The Morgan fingerprint density at radius 1 is 1.04 bits per heavy atom. The average molecular weight is 381 g/mol. The predicted molar refractivity (Wildman–Crippen MR) is 88.1 cm³/mol. The van der Waals surface area contributed by atoms with Crippen LogP contribution >= 0.6 is 0 Å². The van der Waals surface area contributed by atoms with Crippen molar-refractivity contribution in [3.05, 3.63) is 83.7 Å². The monoisotopic (exact) mass is 381 g/mol. The lowest BCUT2D eigenvalue weighted by molar-refractivity contribution is 0.535. The number of hydrogen-bond donors (Lipinski definition) is 1. The number of nitrogens with zero attached hydrogens (tertiary/aromatic N) is 2. The van der Waals surface area contributed by atoms with E-state index in [0.717, 1.165) is 12.1 Å². The highest BCUT2D eigenvalue weighted by atomic mass is 32.2. The molecule has 0 radical (unpaired) electrons. The van der Waals surface area contributed by atoms with Crippen LogP contribution in [-0.2, 0) is 17.1 Å². The van der Waals surface area contributed by atoms with Gasteiger partial charge in [0.05, 0.1) is 0 Å². The number of rotatable bonds is 5. The zero-order valence-electron chi connectivity index (χ0n) is 13.5. The molecule has 0 saturated heterocycles. The van der Waals surface area contributed by atoms with Gasteiger partial charge in [-0.25, -0.2) is 26.6 Å². The minimum atomic E-state index is -4.35. The summed E-state index contributed by atoms with van der Waals surface area (Å²) >= 11 is 0. The third-order valence-corrected chi connectivity index (χ3v) is 5.23. The molecule has 1 aromatic heterocycles. The first-order chi connectivity index (χ1) is 12.3. The number of halogens is 3. The van der Waals surface area contributed by atoms with Gasteiger partial charge in [0.15, 0.2) is 0 Å². The lowest BCUT2D eigenvalue weighted by Gasteiger charge is -2.19. The molecule has 0 aliphatic heterocycles. The molecule has 0 aliphatic carbocycles. The lowest BCUT2D eigenvalue weighted by atomic mass is 10.1. The molecule has 136 valence electrons. The SMILES string of the molecule is Cn1ccnc1C(NS(=O)(=O)c1ccc(F)cc1F)c1ccc(F)cc1. The summed E-state index contributed by atoms with van der Waals surface area (Å²) in [6, 6.07) is 6.35. The third-order valence-electron chi connectivity index (χ3n) is 3.78. The molecule has 0 saturated carbocycles. The van der Waals surface area contributed by atoms with Crippen molar-refractivity contribution in [1.82, 2.24) is 14.3 Å². The van der Waals surface area contributed by atoms with E-state index in [1.807, 2.05) is 0 Å². The van der Waals surface area contributed by atoms with Crippen molar-refractivity contribution in [2.45, 2.75) is 10.9 Å². The number of hydrogen-bond acceptors (Lipinski definition) is 3. The van der Waals surface area contributed by atoms with E-state index in [4.69, 9.17) is 0 Å². The highest BCUT2D eigenvalue weighted by Gasteiger charge is 2.27. The number of sulfonamides is 1. The Morgan fingerprint density at radius 3 is 2.27 bits per heavy atom. The van der Waals surface area contributed by atoms with Gasteiger partial charge < -0.3 is 4.57 Å². The number of aromatic nitrogens is 2. The largest absolute Gasteiger partial charge is 0.336 e. The maximum atomic E-state index is 13.9. The standard InChI is InChI=1S/C17H14F3N3O2S/c1-23-9-8-21-17(23)16(11-2-4-12(18)5-3-11)22-26(24,25)15-7-6-13(19)10-14(15)20/h2-10,16,22H,1H3. The number of aryl methyl sites for hydroxylation is 1. The van der Waals surface area contributed by atoms with Crippen molar-refractivity contribution in [3.8, 4) is 0 Å². The minimum Gasteiger partial charge on any atom is -0.336 e. The van der Waals surface area contributed by atoms with Gasteiger partial charge >= 0.3 is 0 Å². The average Bonchev–Trinajstić information content (AvgIpc) is 2.99. The molecule has 3 aromatic rings. The van der Waals surface area contributed by atoms with Crippen molar-refractivity contribution in [1.29, 1.82) is 0 Å². The lowest BCUT2D eigenvalue weighted by Crippen LogP contribution is -2.31. The van der Waals surface area contributed by atoms with Gasteiger partial charge in [-0.3, -0.25) is 0 Å². The zero-order valence-corrected chi connectivity index (χ0v) is 14.3. The first-order valence-electron chi connectivity index (χ1n) is 7.48. The number of imidazole rings is 1. The van der Waals surface area contributed by atoms with Crippen LogP contribution in [0.15, 0.2) is 59.8 Å². The van der Waals surface area contributed by atoms with Crippen LogP contribution in [0.3, 0.4) is 0 Å². The maximum Gasteiger partial charge on any atom is 0.244 e. The van der Waals surface area contributed by atoms with Crippen molar-refractivity contribution < 1.29 is 21.6 Å². The highest BCUT2D eigenvalue weighted by molar-refractivity contribution is 7.89. The Labute approximate surface area is 148 Å². The van der Waals surface area contributed by atoms with Gasteiger partial charge in [-0.2, -0.15) is 4.72 Å². The van der Waals surface area contributed by atoms with Crippen LogP contribution in [0.5, 0.6) is 0 Å². The first-order valence-corrected chi connectivity index (χ1v) is 8.96.